The Morgan fingerprint density at radius 2 is 1.70 bits per heavy atom. The first-order chi connectivity index (χ1) is 14.6. The molecule has 0 aliphatic heterocycles. The Kier molecular flexibility index (Phi) is 5.82. The van der Waals surface area contributed by atoms with Gasteiger partial charge in [-0.25, -0.2) is 4.79 Å². The predicted octanol–water partition coefficient (Wildman–Crippen LogP) is 5.24. The van der Waals surface area contributed by atoms with Gasteiger partial charge < -0.3 is 13.9 Å². The minimum Gasteiger partial charge on any atom is -0.482 e. The fourth-order valence-electron chi connectivity index (χ4n) is 2.99. The molecule has 6 heteroatoms. The van der Waals surface area contributed by atoms with Gasteiger partial charge in [0.25, 0.3) is 0 Å². The zero-order valence-corrected chi connectivity index (χ0v) is 16.6. The average Bonchev–Trinajstić information content (AvgIpc) is 2.78. The summed E-state index contributed by atoms with van der Waals surface area (Å²) in [5, 5.41) is 0.865. The topological polar surface area (TPSA) is 65.7 Å². The van der Waals surface area contributed by atoms with E-state index in [4.69, 9.17) is 25.5 Å². The smallest absolute Gasteiger partial charge is 0.344 e. The number of hydrogen-bond acceptors (Lipinski definition) is 5. The third kappa shape index (κ3) is 4.36. The first-order valence-electron chi connectivity index (χ1n) is 9.24. The third-order valence-electron chi connectivity index (χ3n) is 4.51. The summed E-state index contributed by atoms with van der Waals surface area (Å²) in [7, 11) is 0. The van der Waals surface area contributed by atoms with Gasteiger partial charge in [0, 0.05) is 16.7 Å². The second kappa shape index (κ2) is 8.84. The number of carbonyl (C=O) groups excluding carboxylic acids is 1. The number of ether oxygens (including phenoxy) is 2. The molecule has 0 saturated heterocycles. The maximum Gasteiger partial charge on any atom is 0.344 e. The maximum absolute atomic E-state index is 12.8. The first kappa shape index (κ1) is 19.7. The van der Waals surface area contributed by atoms with Crippen molar-refractivity contribution in [2.24, 2.45) is 0 Å². The SMILES string of the molecule is O=C(COc1ccc2c(=O)c(-c3ccccc3Cl)coc2c1)OCc1ccccc1. The Morgan fingerprint density at radius 3 is 2.50 bits per heavy atom. The van der Waals surface area contributed by atoms with Gasteiger partial charge in [0.05, 0.1) is 10.9 Å². The molecule has 1 heterocycles. The van der Waals surface area contributed by atoms with Gasteiger partial charge >= 0.3 is 5.97 Å². The van der Waals surface area contributed by atoms with E-state index in [0.29, 0.717) is 32.9 Å². The van der Waals surface area contributed by atoms with E-state index in [1.54, 1.807) is 42.5 Å². The Morgan fingerprint density at radius 1 is 0.933 bits per heavy atom. The molecule has 5 nitrogen and oxygen atoms in total. The first-order valence-corrected chi connectivity index (χ1v) is 9.62. The van der Waals surface area contributed by atoms with Crippen molar-refractivity contribution in [2.75, 3.05) is 6.61 Å². The highest BCUT2D eigenvalue weighted by molar-refractivity contribution is 6.33. The van der Waals surface area contributed by atoms with Crippen molar-refractivity contribution >= 4 is 28.5 Å². The van der Waals surface area contributed by atoms with Crippen LogP contribution < -0.4 is 10.2 Å². The van der Waals surface area contributed by atoms with Crippen LogP contribution in [0.1, 0.15) is 5.56 Å². The molecule has 0 fully saturated rings. The molecule has 0 unspecified atom stereocenters. The van der Waals surface area contributed by atoms with Crippen LogP contribution in [0.2, 0.25) is 5.02 Å². The van der Waals surface area contributed by atoms with E-state index in [2.05, 4.69) is 0 Å². The van der Waals surface area contributed by atoms with Crippen molar-refractivity contribution in [3.63, 3.8) is 0 Å². The summed E-state index contributed by atoms with van der Waals surface area (Å²) in [4.78, 5) is 24.8. The Balaban J connectivity index is 1.46. The van der Waals surface area contributed by atoms with Gasteiger partial charge in [0.1, 0.15) is 24.2 Å². The molecule has 0 saturated carbocycles. The van der Waals surface area contributed by atoms with Crippen LogP contribution in [-0.2, 0) is 16.1 Å². The van der Waals surface area contributed by atoms with Crippen LogP contribution in [0.5, 0.6) is 5.75 Å². The van der Waals surface area contributed by atoms with E-state index in [1.165, 1.54) is 6.26 Å². The summed E-state index contributed by atoms with van der Waals surface area (Å²) in [6, 6.07) is 21.2. The standard InChI is InChI=1S/C24H17ClO5/c25-21-9-5-4-8-18(21)20-14-29-22-12-17(10-11-19(22)24(20)27)28-15-23(26)30-13-16-6-2-1-3-7-16/h1-12,14H,13,15H2. The second-order valence-corrected chi connectivity index (χ2v) is 6.96. The molecule has 1 aromatic heterocycles. The molecular weight excluding hydrogens is 404 g/mol. The number of benzene rings is 3. The zero-order chi connectivity index (χ0) is 20.9. The van der Waals surface area contributed by atoms with Crippen LogP contribution in [0.25, 0.3) is 22.1 Å². The number of hydrogen-bond donors (Lipinski definition) is 0. The molecule has 0 amide bonds. The fourth-order valence-corrected chi connectivity index (χ4v) is 3.22. The summed E-state index contributed by atoms with van der Waals surface area (Å²) in [5.41, 5.74) is 2.04. The lowest BCUT2D eigenvalue weighted by atomic mass is 10.1. The number of halogens is 1. The van der Waals surface area contributed by atoms with Crippen molar-refractivity contribution in [1.29, 1.82) is 0 Å². The number of esters is 1. The van der Waals surface area contributed by atoms with Gasteiger partial charge in [0.15, 0.2) is 6.61 Å². The Hall–Kier alpha value is -3.57. The summed E-state index contributed by atoms with van der Waals surface area (Å²) < 4.78 is 16.3. The van der Waals surface area contributed by atoms with E-state index >= 15 is 0 Å². The van der Waals surface area contributed by atoms with Gasteiger partial charge in [-0.2, -0.15) is 0 Å². The molecule has 4 rings (SSSR count). The highest BCUT2D eigenvalue weighted by Crippen LogP contribution is 2.27. The van der Waals surface area contributed by atoms with Gasteiger partial charge in [-0.05, 0) is 23.8 Å². The average molecular weight is 421 g/mol. The molecule has 150 valence electrons. The molecule has 0 atom stereocenters. The summed E-state index contributed by atoms with van der Waals surface area (Å²) in [6.07, 6.45) is 1.38. The summed E-state index contributed by atoms with van der Waals surface area (Å²) in [5.74, 6) is -0.0951. The molecule has 0 radical (unpaired) electrons. The minimum absolute atomic E-state index is 0.181. The third-order valence-corrected chi connectivity index (χ3v) is 4.84. The van der Waals surface area contributed by atoms with Crippen molar-refractivity contribution in [2.45, 2.75) is 6.61 Å². The number of fused-ring (bicyclic) bond motifs is 1. The molecule has 0 spiro atoms. The normalized spacial score (nSPS) is 10.7. The van der Waals surface area contributed by atoms with Crippen molar-refractivity contribution in [3.8, 4) is 16.9 Å². The van der Waals surface area contributed by atoms with Crippen LogP contribution in [0.4, 0.5) is 0 Å². The summed E-state index contributed by atoms with van der Waals surface area (Å²) in [6.45, 7) is -0.0687. The van der Waals surface area contributed by atoms with Gasteiger partial charge in [0.2, 0.25) is 5.43 Å². The monoisotopic (exact) mass is 420 g/mol. The van der Waals surface area contributed by atoms with E-state index in [1.807, 2.05) is 30.3 Å². The van der Waals surface area contributed by atoms with Crippen LogP contribution in [0.15, 0.2) is 88.3 Å². The van der Waals surface area contributed by atoms with E-state index in [0.717, 1.165) is 5.56 Å². The second-order valence-electron chi connectivity index (χ2n) is 6.55. The van der Waals surface area contributed by atoms with Crippen molar-refractivity contribution in [1.82, 2.24) is 0 Å². The van der Waals surface area contributed by atoms with Gasteiger partial charge in [-0.3, -0.25) is 4.79 Å². The molecule has 30 heavy (non-hydrogen) atoms. The van der Waals surface area contributed by atoms with E-state index < -0.39 is 5.97 Å². The lowest BCUT2D eigenvalue weighted by Crippen LogP contribution is -2.14. The molecule has 4 aromatic rings. The van der Waals surface area contributed by atoms with Crippen LogP contribution in [0, 0.1) is 0 Å². The lowest BCUT2D eigenvalue weighted by molar-refractivity contribution is -0.147. The summed E-state index contributed by atoms with van der Waals surface area (Å²) >= 11 is 6.20. The quantitative estimate of drug-likeness (QED) is 0.399. The fraction of sp³-hybridized carbons (Fsp3) is 0.0833. The molecule has 0 bridgehead atoms. The van der Waals surface area contributed by atoms with Crippen LogP contribution in [0.3, 0.4) is 0 Å². The van der Waals surface area contributed by atoms with Crippen LogP contribution in [-0.4, -0.2) is 12.6 Å². The van der Waals surface area contributed by atoms with Crippen molar-refractivity contribution in [3.05, 3.63) is 99.9 Å². The van der Waals surface area contributed by atoms with Crippen LogP contribution >= 0.6 is 11.6 Å². The van der Waals surface area contributed by atoms with E-state index in [9.17, 15) is 9.59 Å². The Bertz CT molecular complexity index is 1250. The molecule has 0 aliphatic rings. The number of carbonyl (C=O) groups is 1. The van der Waals surface area contributed by atoms with Crippen molar-refractivity contribution < 1.29 is 18.7 Å². The van der Waals surface area contributed by atoms with E-state index in [-0.39, 0.29) is 18.6 Å². The number of rotatable bonds is 6. The predicted molar refractivity (Wildman–Crippen MR) is 115 cm³/mol. The van der Waals surface area contributed by atoms with Gasteiger partial charge in [-0.15, -0.1) is 0 Å². The largest absolute Gasteiger partial charge is 0.482 e. The molecular formula is C24H17ClO5. The molecule has 0 N–H and O–H groups in total. The molecule has 0 aliphatic carbocycles. The zero-order valence-electron chi connectivity index (χ0n) is 15.8. The van der Waals surface area contributed by atoms with Gasteiger partial charge in [-0.1, -0.05) is 60.1 Å². The Labute approximate surface area is 177 Å². The minimum atomic E-state index is -0.491. The lowest BCUT2D eigenvalue weighted by Gasteiger charge is -2.08. The maximum atomic E-state index is 12.8. The highest BCUT2D eigenvalue weighted by Gasteiger charge is 2.13. The molecule has 3 aromatic carbocycles. The highest BCUT2D eigenvalue weighted by atomic mass is 35.5.